The Morgan fingerprint density at radius 1 is 0.735 bits per heavy atom. The van der Waals surface area contributed by atoms with Crippen LogP contribution in [0.1, 0.15) is 0 Å². The van der Waals surface area contributed by atoms with E-state index in [9.17, 15) is 35.8 Å². The number of hydrogen-bond acceptors (Lipinski definition) is 16. The molecule has 0 saturated carbocycles. The lowest BCUT2D eigenvalue weighted by Gasteiger charge is -2.13. The molecule has 4 rings (SSSR count). The highest BCUT2D eigenvalue weighted by molar-refractivity contribution is 7.86. The van der Waals surface area contributed by atoms with E-state index in [1.54, 1.807) is 24.3 Å². The van der Waals surface area contributed by atoms with Crippen molar-refractivity contribution in [3.63, 3.8) is 0 Å². The Balaban J connectivity index is 0.000000456. The molecule has 0 bridgehead atoms. The van der Waals surface area contributed by atoms with Crippen molar-refractivity contribution in [3.8, 4) is 23.0 Å². The Kier molecular flexibility index (Phi) is 12.5. The quantitative estimate of drug-likeness (QED) is 0.0541. The molecule has 0 amide bonds. The van der Waals surface area contributed by atoms with Crippen molar-refractivity contribution in [2.24, 2.45) is 10.2 Å². The van der Waals surface area contributed by atoms with Crippen molar-refractivity contribution < 1.29 is 65.4 Å². The third-order valence-electron chi connectivity index (χ3n) is 6.03. The van der Waals surface area contributed by atoms with E-state index in [2.05, 4.69) is 10.2 Å². The zero-order valence-corrected chi connectivity index (χ0v) is 26.8. The van der Waals surface area contributed by atoms with E-state index in [0.717, 1.165) is 18.2 Å². The van der Waals surface area contributed by atoms with Gasteiger partial charge in [-0.2, -0.15) is 16.8 Å². The molecule has 264 valence electrons. The van der Waals surface area contributed by atoms with Crippen LogP contribution >= 0.6 is 0 Å². The molecular formula is C28H31N5O14S2. The molecule has 12 N–H and O–H groups in total. The van der Waals surface area contributed by atoms with Crippen molar-refractivity contribution in [2.75, 3.05) is 50.2 Å². The number of phenolic OH excluding ortho intramolecular Hbond substituents is 1. The van der Waals surface area contributed by atoms with Gasteiger partial charge in [0.25, 0.3) is 20.2 Å². The number of phenols is 1. The highest BCUT2D eigenvalue weighted by Gasteiger charge is 2.25. The molecule has 19 nitrogen and oxygen atoms in total. The number of fused-ring (bicyclic) bond motifs is 1. The maximum atomic E-state index is 12.1. The Hall–Kier alpha value is -5.45. The minimum atomic E-state index is -5.06. The number of aliphatic hydroxyl groups excluding tert-OH is 2. The number of aliphatic carboxylic acids is 1. The lowest BCUT2D eigenvalue weighted by atomic mass is 10.1. The van der Waals surface area contributed by atoms with Crippen molar-refractivity contribution in [3.05, 3.63) is 54.6 Å². The fourth-order valence-electron chi connectivity index (χ4n) is 3.92. The Morgan fingerprint density at radius 2 is 1.31 bits per heavy atom. The number of nitrogens with zero attached hydrogens (tertiary/aromatic N) is 2. The molecule has 0 fully saturated rings. The highest BCUT2D eigenvalue weighted by Crippen LogP contribution is 2.44. The van der Waals surface area contributed by atoms with Crippen molar-refractivity contribution >= 4 is 65.4 Å². The average molecular weight is 726 g/mol. The number of carboxylic acids is 1. The van der Waals surface area contributed by atoms with Gasteiger partial charge in [-0.25, -0.2) is 4.79 Å². The minimum Gasteiger partial charge on any atom is -0.505 e. The molecule has 4 aromatic rings. The van der Waals surface area contributed by atoms with Crippen LogP contribution in [-0.2, 0) is 25.0 Å². The molecule has 49 heavy (non-hydrogen) atoms. The first kappa shape index (κ1) is 38.0. The topological polar surface area (TPSA) is 337 Å². The Labute approximate surface area is 278 Å². The molecule has 0 aliphatic carbocycles. The number of carbonyl (C=O) groups is 1. The van der Waals surface area contributed by atoms with Crippen LogP contribution in [0.2, 0.25) is 0 Å². The predicted octanol–water partition coefficient (Wildman–Crippen LogP) is 2.09. The van der Waals surface area contributed by atoms with Gasteiger partial charge in [-0.05, 0) is 47.9 Å². The van der Waals surface area contributed by atoms with E-state index in [0.29, 0.717) is 11.4 Å². The number of carboxylic acid groups (broad SMARTS) is 1. The predicted molar refractivity (Wildman–Crippen MR) is 174 cm³/mol. The van der Waals surface area contributed by atoms with Gasteiger partial charge in [0.05, 0.1) is 24.6 Å². The number of rotatable bonds is 13. The van der Waals surface area contributed by atoms with Crippen LogP contribution in [-0.4, -0.2) is 85.4 Å². The Morgan fingerprint density at radius 3 is 1.86 bits per heavy atom. The number of hydrogen-bond donors (Lipinski definition) is 9. The van der Waals surface area contributed by atoms with Gasteiger partial charge in [-0.3, -0.25) is 9.11 Å². The van der Waals surface area contributed by atoms with Crippen LogP contribution in [0.5, 0.6) is 23.0 Å². The van der Waals surface area contributed by atoms with Crippen LogP contribution in [0.25, 0.3) is 10.8 Å². The smallest absolute Gasteiger partial charge is 0.341 e. The number of ether oxygens (including phenoxy) is 3. The Bertz CT molecular complexity index is 2070. The largest absolute Gasteiger partial charge is 0.505 e. The summed E-state index contributed by atoms with van der Waals surface area (Å²) in [4.78, 5) is 8.39. The third kappa shape index (κ3) is 10.3. The van der Waals surface area contributed by atoms with Gasteiger partial charge in [0.1, 0.15) is 51.6 Å². The summed E-state index contributed by atoms with van der Waals surface area (Å²) >= 11 is 0. The van der Waals surface area contributed by atoms with Crippen molar-refractivity contribution in [1.82, 2.24) is 0 Å². The van der Waals surface area contributed by atoms with Crippen LogP contribution in [0, 0.1) is 0 Å². The lowest BCUT2D eigenvalue weighted by Crippen LogP contribution is -2.09. The minimum absolute atomic E-state index is 0.0117. The van der Waals surface area contributed by atoms with Crippen LogP contribution < -0.4 is 31.4 Å². The summed E-state index contributed by atoms with van der Waals surface area (Å²) in [5.74, 6) is -1.28. The van der Waals surface area contributed by atoms with Crippen molar-refractivity contribution in [1.29, 1.82) is 0 Å². The van der Waals surface area contributed by atoms with E-state index in [4.69, 9.17) is 46.7 Å². The first-order valence-corrected chi connectivity index (χ1v) is 16.4. The molecule has 0 atom stereocenters. The normalized spacial score (nSPS) is 11.6. The van der Waals surface area contributed by atoms with Crippen LogP contribution in [0.3, 0.4) is 0 Å². The van der Waals surface area contributed by atoms with Gasteiger partial charge < -0.3 is 51.8 Å². The van der Waals surface area contributed by atoms with Gasteiger partial charge in [-0.15, -0.1) is 10.2 Å². The SMILES string of the molecule is Nc1cc(OCCO)c(N=Nc2c(S(=O)(=O)O)cc3cc(S(=O)(=O)O)c(N)cc3c2O)cc1OCCO.Nc1ccc(OCC(=O)O)cc1. The van der Waals surface area contributed by atoms with E-state index in [-0.39, 0.29) is 66.7 Å². The van der Waals surface area contributed by atoms with Gasteiger partial charge in [0.2, 0.25) is 0 Å². The molecule has 21 heteroatoms. The van der Waals surface area contributed by atoms with Crippen LogP contribution in [0.4, 0.5) is 28.4 Å². The number of nitrogens with two attached hydrogens (primary N) is 3. The van der Waals surface area contributed by atoms with E-state index < -0.39 is 53.1 Å². The molecule has 4 aromatic carbocycles. The number of benzene rings is 4. The van der Waals surface area contributed by atoms with Gasteiger partial charge in [0, 0.05) is 23.2 Å². The van der Waals surface area contributed by atoms with Gasteiger partial charge >= 0.3 is 5.97 Å². The summed E-state index contributed by atoms with van der Waals surface area (Å²) in [6, 6.07) is 11.6. The highest BCUT2D eigenvalue weighted by atomic mass is 32.2. The summed E-state index contributed by atoms with van der Waals surface area (Å²) in [5.41, 5.74) is 16.4. The fourth-order valence-corrected chi connectivity index (χ4v) is 5.21. The van der Waals surface area contributed by atoms with E-state index in [1.165, 1.54) is 12.1 Å². The molecule has 0 aliphatic rings. The number of aromatic hydroxyl groups is 1. The third-order valence-corrected chi connectivity index (χ3v) is 7.80. The van der Waals surface area contributed by atoms with Crippen LogP contribution in [0.15, 0.2) is 74.6 Å². The molecule has 0 saturated heterocycles. The summed E-state index contributed by atoms with van der Waals surface area (Å²) in [7, 11) is -9.85. The monoisotopic (exact) mass is 725 g/mol. The summed E-state index contributed by atoms with van der Waals surface area (Å²) in [6.07, 6.45) is 0. The molecule has 0 spiro atoms. The molecular weight excluding hydrogens is 694 g/mol. The second kappa shape index (κ2) is 16.1. The zero-order valence-electron chi connectivity index (χ0n) is 25.1. The van der Waals surface area contributed by atoms with Gasteiger partial charge in [0.15, 0.2) is 12.4 Å². The van der Waals surface area contributed by atoms with Gasteiger partial charge in [-0.1, -0.05) is 0 Å². The maximum Gasteiger partial charge on any atom is 0.341 e. The lowest BCUT2D eigenvalue weighted by molar-refractivity contribution is -0.139. The zero-order chi connectivity index (χ0) is 36.5. The summed E-state index contributed by atoms with van der Waals surface area (Å²) < 4.78 is 81.9. The molecule has 0 heterocycles. The van der Waals surface area contributed by atoms with E-state index >= 15 is 0 Å². The fraction of sp³-hybridized carbons (Fsp3) is 0.179. The molecule has 0 radical (unpaired) electrons. The second-order valence-corrected chi connectivity index (χ2v) is 12.4. The summed E-state index contributed by atoms with van der Waals surface area (Å²) in [5, 5.41) is 44.4. The number of nitrogen functional groups attached to an aromatic ring is 3. The summed E-state index contributed by atoms with van der Waals surface area (Å²) in [6.45, 7) is -1.33. The van der Waals surface area contributed by atoms with Crippen molar-refractivity contribution in [2.45, 2.75) is 9.79 Å². The maximum absolute atomic E-state index is 12.1. The average Bonchev–Trinajstić information content (AvgIpc) is 3.02. The standard InChI is InChI=1S/C20H22N4O11S2.C8H9NO3/c21-12-8-16(35-4-2-26)14(9-15(12)34-3-1-25)23-24-19-18(37(31,32)33)6-10-5-17(36(28,29)30)13(22)7-11(10)20(19)27;9-6-1-3-7(4-2-6)12-5-8(10)11/h5-9,25-27H,1-4,21-22H2,(H,28,29,30)(H,31,32,33);1-4H,5,9H2,(H,10,11). The molecule has 0 aromatic heterocycles. The first-order chi connectivity index (χ1) is 23.0. The molecule has 0 unspecified atom stereocenters. The van der Waals surface area contributed by atoms with E-state index in [1.807, 2.05) is 0 Å². The first-order valence-electron chi connectivity index (χ1n) is 13.5. The number of azo groups is 1. The molecule has 0 aliphatic heterocycles. The number of anilines is 3. The second-order valence-electron chi connectivity index (χ2n) is 9.59. The number of aliphatic hydroxyl groups is 2.